The van der Waals surface area contributed by atoms with Gasteiger partial charge in [0, 0.05) is 18.6 Å². The Morgan fingerprint density at radius 1 is 1.29 bits per heavy atom. The van der Waals surface area contributed by atoms with Gasteiger partial charge in [-0.05, 0) is 44.6 Å². The van der Waals surface area contributed by atoms with Crippen molar-refractivity contribution in [3.63, 3.8) is 0 Å². The van der Waals surface area contributed by atoms with E-state index in [4.69, 9.17) is 5.11 Å². The molecule has 2 saturated heterocycles. The highest BCUT2D eigenvalue weighted by Crippen LogP contribution is 2.26. The number of rotatable bonds is 5. The van der Waals surface area contributed by atoms with E-state index in [1.54, 1.807) is 0 Å². The van der Waals surface area contributed by atoms with Gasteiger partial charge in [0.2, 0.25) is 0 Å². The second-order valence-corrected chi connectivity index (χ2v) is 6.69. The van der Waals surface area contributed by atoms with Crippen molar-refractivity contribution >= 4 is 12.0 Å². The van der Waals surface area contributed by atoms with E-state index in [0.29, 0.717) is 12.5 Å². The lowest BCUT2D eigenvalue weighted by Crippen LogP contribution is -2.53. The molecule has 0 saturated carbocycles. The molecule has 2 rings (SSSR count). The molecule has 2 aliphatic rings. The number of carboxylic acids is 1. The van der Waals surface area contributed by atoms with E-state index in [2.05, 4.69) is 15.5 Å². The molecule has 6 nitrogen and oxygen atoms in total. The van der Waals surface area contributed by atoms with E-state index >= 15 is 0 Å². The lowest BCUT2D eigenvalue weighted by Gasteiger charge is -2.35. The van der Waals surface area contributed by atoms with Crippen LogP contribution in [0.25, 0.3) is 0 Å². The molecule has 120 valence electrons. The van der Waals surface area contributed by atoms with Crippen molar-refractivity contribution in [3.8, 4) is 0 Å². The van der Waals surface area contributed by atoms with Gasteiger partial charge in [-0.1, -0.05) is 13.8 Å². The zero-order valence-corrected chi connectivity index (χ0v) is 13.0. The summed E-state index contributed by atoms with van der Waals surface area (Å²) in [4.78, 5) is 25.7. The predicted molar refractivity (Wildman–Crippen MR) is 80.2 cm³/mol. The van der Waals surface area contributed by atoms with E-state index < -0.39 is 12.0 Å². The molecular formula is C15H27N3O3. The van der Waals surface area contributed by atoms with E-state index in [-0.39, 0.29) is 18.0 Å². The zero-order chi connectivity index (χ0) is 15.4. The monoisotopic (exact) mass is 297 g/mol. The average molecular weight is 297 g/mol. The molecule has 0 bridgehead atoms. The van der Waals surface area contributed by atoms with Crippen molar-refractivity contribution in [1.82, 2.24) is 15.5 Å². The van der Waals surface area contributed by atoms with Crippen LogP contribution in [-0.2, 0) is 4.79 Å². The van der Waals surface area contributed by atoms with Crippen LogP contribution in [-0.4, -0.2) is 53.2 Å². The van der Waals surface area contributed by atoms with Gasteiger partial charge >= 0.3 is 12.0 Å². The number of nitrogens with zero attached hydrogens (tertiary/aromatic N) is 1. The summed E-state index contributed by atoms with van der Waals surface area (Å²) < 4.78 is 0. The largest absolute Gasteiger partial charge is 0.480 e. The lowest BCUT2D eigenvalue weighted by molar-refractivity contribution is -0.139. The molecular weight excluding hydrogens is 270 g/mol. The normalized spacial score (nSPS) is 27.2. The highest BCUT2D eigenvalue weighted by Gasteiger charge is 2.32. The van der Waals surface area contributed by atoms with Gasteiger partial charge in [-0.15, -0.1) is 0 Å². The Hall–Kier alpha value is -1.30. The minimum absolute atomic E-state index is 0.165. The topological polar surface area (TPSA) is 81.7 Å². The summed E-state index contributed by atoms with van der Waals surface area (Å²) in [5.74, 6) is -0.738. The maximum absolute atomic E-state index is 12.0. The third-order valence-electron chi connectivity index (χ3n) is 4.47. The summed E-state index contributed by atoms with van der Waals surface area (Å²) in [5, 5.41) is 14.7. The number of carbonyl (C=O) groups excluding carboxylic acids is 1. The third kappa shape index (κ3) is 4.59. The number of hydrogen-bond acceptors (Lipinski definition) is 3. The van der Waals surface area contributed by atoms with Gasteiger partial charge in [-0.2, -0.15) is 0 Å². The quantitative estimate of drug-likeness (QED) is 0.716. The molecule has 3 unspecified atom stereocenters. The van der Waals surface area contributed by atoms with E-state index in [9.17, 15) is 9.59 Å². The second-order valence-electron chi connectivity index (χ2n) is 6.69. The SMILES string of the molecule is CC(C)CC(NC(=O)NC1CCN2CCCC2C1)C(=O)O. The number of aliphatic carboxylic acids is 1. The number of hydrogen-bond donors (Lipinski definition) is 3. The van der Waals surface area contributed by atoms with Crippen molar-refractivity contribution in [2.45, 2.75) is 64.1 Å². The Kier molecular flexibility index (Phi) is 5.45. The first-order valence-electron chi connectivity index (χ1n) is 7.99. The van der Waals surface area contributed by atoms with Crippen molar-refractivity contribution in [3.05, 3.63) is 0 Å². The highest BCUT2D eigenvalue weighted by atomic mass is 16.4. The van der Waals surface area contributed by atoms with Crippen molar-refractivity contribution in [2.24, 2.45) is 5.92 Å². The average Bonchev–Trinajstić information content (AvgIpc) is 2.84. The molecule has 2 fully saturated rings. The van der Waals surface area contributed by atoms with E-state index in [1.807, 2.05) is 13.8 Å². The Morgan fingerprint density at radius 3 is 2.71 bits per heavy atom. The summed E-state index contributed by atoms with van der Waals surface area (Å²) in [6.45, 7) is 6.11. The maximum atomic E-state index is 12.0. The van der Waals surface area contributed by atoms with E-state index in [1.165, 1.54) is 19.4 Å². The summed E-state index contributed by atoms with van der Waals surface area (Å²) >= 11 is 0. The smallest absolute Gasteiger partial charge is 0.326 e. The van der Waals surface area contributed by atoms with E-state index in [0.717, 1.165) is 19.4 Å². The molecule has 21 heavy (non-hydrogen) atoms. The third-order valence-corrected chi connectivity index (χ3v) is 4.47. The van der Waals surface area contributed by atoms with Gasteiger partial charge in [0.25, 0.3) is 0 Å². The van der Waals surface area contributed by atoms with Gasteiger partial charge in [0.05, 0.1) is 0 Å². The number of urea groups is 1. The van der Waals surface area contributed by atoms with Gasteiger partial charge in [-0.25, -0.2) is 9.59 Å². The fourth-order valence-corrected chi connectivity index (χ4v) is 3.43. The maximum Gasteiger partial charge on any atom is 0.326 e. The standard InChI is InChI=1S/C15H27N3O3/c1-10(2)8-13(14(19)20)17-15(21)16-11-5-7-18-6-3-4-12(18)9-11/h10-13H,3-9H2,1-2H3,(H,19,20)(H2,16,17,21). The van der Waals surface area contributed by atoms with Crippen LogP contribution < -0.4 is 10.6 Å². The van der Waals surface area contributed by atoms with Crippen LogP contribution in [0.5, 0.6) is 0 Å². The first kappa shape index (κ1) is 16.1. The van der Waals surface area contributed by atoms with Crippen LogP contribution >= 0.6 is 0 Å². The molecule has 0 aliphatic carbocycles. The molecule has 0 spiro atoms. The summed E-state index contributed by atoms with van der Waals surface area (Å²) in [6.07, 6.45) is 4.84. The van der Waals surface area contributed by atoms with Gasteiger partial charge < -0.3 is 20.6 Å². The molecule has 6 heteroatoms. The van der Waals surface area contributed by atoms with Crippen LogP contribution in [0.1, 0.15) is 46.0 Å². The molecule has 0 aromatic carbocycles. The number of fused-ring (bicyclic) bond motifs is 1. The van der Waals surface area contributed by atoms with Crippen LogP contribution in [0.2, 0.25) is 0 Å². The van der Waals surface area contributed by atoms with Crippen LogP contribution in [0.3, 0.4) is 0 Å². The number of carbonyl (C=O) groups is 2. The van der Waals surface area contributed by atoms with Gasteiger partial charge in [0.1, 0.15) is 6.04 Å². The minimum atomic E-state index is -0.968. The zero-order valence-electron chi connectivity index (χ0n) is 13.0. The predicted octanol–water partition coefficient (Wildman–Crippen LogP) is 1.41. The fraction of sp³-hybridized carbons (Fsp3) is 0.867. The summed E-state index contributed by atoms with van der Waals surface area (Å²) in [5.41, 5.74) is 0. The summed E-state index contributed by atoms with van der Waals surface area (Å²) in [7, 11) is 0. The molecule has 0 radical (unpaired) electrons. The van der Waals surface area contributed by atoms with Crippen molar-refractivity contribution in [1.29, 1.82) is 0 Å². The van der Waals surface area contributed by atoms with Crippen LogP contribution in [0.15, 0.2) is 0 Å². The van der Waals surface area contributed by atoms with Gasteiger partial charge in [0.15, 0.2) is 0 Å². The molecule has 2 heterocycles. The van der Waals surface area contributed by atoms with Crippen LogP contribution in [0, 0.1) is 5.92 Å². The minimum Gasteiger partial charge on any atom is -0.480 e. The van der Waals surface area contributed by atoms with Crippen molar-refractivity contribution < 1.29 is 14.7 Å². The Bertz CT molecular complexity index is 386. The number of nitrogens with one attached hydrogen (secondary N) is 2. The Morgan fingerprint density at radius 2 is 2.05 bits per heavy atom. The Balaban J connectivity index is 1.79. The second kappa shape index (κ2) is 7.11. The number of carboxylic acid groups (broad SMARTS) is 1. The number of piperidine rings is 1. The molecule has 0 aromatic heterocycles. The first-order chi connectivity index (χ1) is 9.95. The molecule has 2 amide bonds. The summed E-state index contributed by atoms with van der Waals surface area (Å²) in [6, 6.07) is -0.399. The first-order valence-corrected chi connectivity index (χ1v) is 7.99. The fourth-order valence-electron chi connectivity index (χ4n) is 3.43. The Labute approximate surface area is 126 Å². The van der Waals surface area contributed by atoms with Crippen molar-refractivity contribution in [2.75, 3.05) is 13.1 Å². The highest BCUT2D eigenvalue weighted by molar-refractivity contribution is 5.82. The molecule has 0 aromatic rings. The molecule has 3 atom stereocenters. The lowest BCUT2D eigenvalue weighted by atomic mass is 9.98. The van der Waals surface area contributed by atoms with Gasteiger partial charge in [-0.3, -0.25) is 0 Å². The molecule has 3 N–H and O–H groups in total. The molecule has 2 aliphatic heterocycles. The number of amides is 2. The van der Waals surface area contributed by atoms with Crippen LogP contribution in [0.4, 0.5) is 4.79 Å².